The van der Waals surface area contributed by atoms with Crippen molar-refractivity contribution in [3.8, 4) is 0 Å². The van der Waals surface area contributed by atoms with Crippen molar-refractivity contribution >= 4 is 5.91 Å². The summed E-state index contributed by atoms with van der Waals surface area (Å²) >= 11 is 0. The quantitative estimate of drug-likeness (QED) is 0.803. The Kier molecular flexibility index (Phi) is 6.51. The molecule has 1 amide bonds. The topological polar surface area (TPSA) is 23.6 Å². The second-order valence-corrected chi connectivity index (χ2v) is 6.67. The van der Waals surface area contributed by atoms with Crippen molar-refractivity contribution in [1.82, 2.24) is 9.80 Å². The van der Waals surface area contributed by atoms with Crippen LogP contribution in [0.4, 0.5) is 8.78 Å². The number of benzene rings is 1. The molecule has 0 bridgehead atoms. The van der Waals surface area contributed by atoms with Crippen LogP contribution in [0.3, 0.4) is 0 Å². The number of carbonyl (C=O) groups is 1. The van der Waals surface area contributed by atoms with Crippen molar-refractivity contribution in [2.45, 2.75) is 33.1 Å². The monoisotopic (exact) mass is 324 g/mol. The van der Waals surface area contributed by atoms with E-state index in [1.807, 2.05) is 0 Å². The van der Waals surface area contributed by atoms with E-state index >= 15 is 0 Å². The first-order valence-corrected chi connectivity index (χ1v) is 8.39. The van der Waals surface area contributed by atoms with E-state index in [4.69, 9.17) is 0 Å². The number of amides is 1. The number of carbonyl (C=O) groups excluding carboxylic acids is 1. The summed E-state index contributed by atoms with van der Waals surface area (Å²) in [7, 11) is 0. The van der Waals surface area contributed by atoms with Crippen LogP contribution in [0, 0.1) is 17.6 Å². The molecule has 0 aromatic heterocycles. The van der Waals surface area contributed by atoms with Gasteiger partial charge in [0.05, 0.1) is 6.42 Å². The standard InChI is InChI=1S/C18H26F2N2O/c1-14(2)4-3-7-21-8-10-22(11-9-21)18(23)12-15-5-6-16(19)13-17(15)20/h5-6,13-14H,3-4,7-12H2,1-2H3. The van der Waals surface area contributed by atoms with E-state index in [1.165, 1.54) is 25.0 Å². The van der Waals surface area contributed by atoms with E-state index < -0.39 is 11.6 Å². The average Bonchev–Trinajstić information content (AvgIpc) is 2.50. The van der Waals surface area contributed by atoms with Crippen LogP contribution in [0.5, 0.6) is 0 Å². The van der Waals surface area contributed by atoms with Crippen LogP contribution in [-0.4, -0.2) is 48.4 Å². The van der Waals surface area contributed by atoms with Gasteiger partial charge in [0.15, 0.2) is 0 Å². The molecule has 1 aromatic rings. The van der Waals surface area contributed by atoms with E-state index in [1.54, 1.807) is 4.90 Å². The van der Waals surface area contributed by atoms with Gasteiger partial charge in [0, 0.05) is 32.2 Å². The Bertz CT molecular complexity index is 526. The Morgan fingerprint density at radius 1 is 1.17 bits per heavy atom. The molecule has 0 unspecified atom stereocenters. The molecule has 1 heterocycles. The summed E-state index contributed by atoms with van der Waals surface area (Å²) in [4.78, 5) is 16.4. The molecule has 128 valence electrons. The third kappa shape index (κ3) is 5.57. The summed E-state index contributed by atoms with van der Waals surface area (Å²) in [6, 6.07) is 3.37. The van der Waals surface area contributed by atoms with Gasteiger partial charge in [-0.1, -0.05) is 19.9 Å². The molecule has 3 nitrogen and oxygen atoms in total. The maximum atomic E-state index is 13.6. The fourth-order valence-corrected chi connectivity index (χ4v) is 2.88. The highest BCUT2D eigenvalue weighted by Gasteiger charge is 2.21. The summed E-state index contributed by atoms with van der Waals surface area (Å²) in [6.45, 7) is 8.64. The van der Waals surface area contributed by atoms with Gasteiger partial charge in [-0.15, -0.1) is 0 Å². The molecule has 0 saturated carbocycles. The van der Waals surface area contributed by atoms with Gasteiger partial charge in [-0.05, 0) is 36.9 Å². The molecule has 0 atom stereocenters. The van der Waals surface area contributed by atoms with Crippen LogP contribution in [0.2, 0.25) is 0 Å². The van der Waals surface area contributed by atoms with Gasteiger partial charge in [0.2, 0.25) is 5.91 Å². The lowest BCUT2D eigenvalue weighted by atomic mass is 10.1. The van der Waals surface area contributed by atoms with Crippen LogP contribution >= 0.6 is 0 Å². The van der Waals surface area contributed by atoms with Crippen LogP contribution in [0.25, 0.3) is 0 Å². The van der Waals surface area contributed by atoms with Crippen LogP contribution in [0.1, 0.15) is 32.3 Å². The molecule has 1 aliphatic heterocycles. The Hall–Kier alpha value is -1.49. The lowest BCUT2D eigenvalue weighted by molar-refractivity contribution is -0.132. The van der Waals surface area contributed by atoms with Gasteiger partial charge in [-0.3, -0.25) is 9.69 Å². The lowest BCUT2D eigenvalue weighted by Crippen LogP contribution is -2.49. The Morgan fingerprint density at radius 2 is 1.87 bits per heavy atom. The van der Waals surface area contributed by atoms with Gasteiger partial charge in [0.25, 0.3) is 0 Å². The average molecular weight is 324 g/mol. The molecule has 0 spiro atoms. The summed E-state index contributed by atoms with van der Waals surface area (Å²) in [5.41, 5.74) is 0.260. The fourth-order valence-electron chi connectivity index (χ4n) is 2.88. The Balaban J connectivity index is 1.77. The van der Waals surface area contributed by atoms with E-state index in [2.05, 4.69) is 18.7 Å². The molecule has 1 aromatic carbocycles. The molecule has 1 saturated heterocycles. The van der Waals surface area contributed by atoms with Gasteiger partial charge >= 0.3 is 0 Å². The first kappa shape index (κ1) is 17.9. The zero-order chi connectivity index (χ0) is 16.8. The number of halogens is 2. The summed E-state index contributed by atoms with van der Waals surface area (Å²) in [6.07, 6.45) is 2.41. The van der Waals surface area contributed by atoms with Gasteiger partial charge in [0.1, 0.15) is 11.6 Å². The highest BCUT2D eigenvalue weighted by atomic mass is 19.1. The molecule has 23 heavy (non-hydrogen) atoms. The van der Waals surface area contributed by atoms with Crippen LogP contribution in [-0.2, 0) is 11.2 Å². The maximum Gasteiger partial charge on any atom is 0.227 e. The molecule has 0 N–H and O–H groups in total. The summed E-state index contributed by atoms with van der Waals surface area (Å²) in [5, 5.41) is 0. The normalized spacial score (nSPS) is 16.1. The first-order valence-electron chi connectivity index (χ1n) is 8.39. The van der Waals surface area contributed by atoms with Gasteiger partial charge in [-0.25, -0.2) is 8.78 Å². The van der Waals surface area contributed by atoms with Crippen molar-refractivity contribution in [2.75, 3.05) is 32.7 Å². The predicted octanol–water partition coefficient (Wildman–Crippen LogP) is 3.09. The minimum Gasteiger partial charge on any atom is -0.340 e. The Morgan fingerprint density at radius 3 is 2.48 bits per heavy atom. The van der Waals surface area contributed by atoms with Crippen molar-refractivity contribution in [1.29, 1.82) is 0 Å². The summed E-state index contributed by atoms with van der Waals surface area (Å²) < 4.78 is 26.5. The van der Waals surface area contributed by atoms with Crippen molar-refractivity contribution in [3.63, 3.8) is 0 Å². The Labute approximate surface area is 137 Å². The molecular formula is C18H26F2N2O. The van der Waals surface area contributed by atoms with Crippen LogP contribution in [0.15, 0.2) is 18.2 Å². The number of nitrogens with zero attached hydrogens (tertiary/aromatic N) is 2. The summed E-state index contributed by atoms with van der Waals surface area (Å²) in [5.74, 6) is -0.625. The zero-order valence-corrected chi connectivity index (χ0v) is 14.0. The largest absolute Gasteiger partial charge is 0.340 e. The molecular weight excluding hydrogens is 298 g/mol. The second-order valence-electron chi connectivity index (χ2n) is 6.67. The highest BCUT2D eigenvalue weighted by molar-refractivity contribution is 5.79. The number of piperazine rings is 1. The molecule has 0 radical (unpaired) electrons. The molecule has 5 heteroatoms. The molecule has 1 aliphatic rings. The van der Waals surface area contributed by atoms with E-state index in [-0.39, 0.29) is 17.9 Å². The highest BCUT2D eigenvalue weighted by Crippen LogP contribution is 2.13. The fraction of sp³-hybridized carbons (Fsp3) is 0.611. The number of rotatable bonds is 6. The zero-order valence-electron chi connectivity index (χ0n) is 14.0. The SMILES string of the molecule is CC(C)CCCN1CCN(C(=O)Cc2ccc(F)cc2F)CC1. The van der Waals surface area contributed by atoms with Gasteiger partial charge in [-0.2, -0.15) is 0 Å². The molecule has 1 fully saturated rings. The third-order valence-corrected chi connectivity index (χ3v) is 4.34. The lowest BCUT2D eigenvalue weighted by Gasteiger charge is -2.35. The number of hydrogen-bond acceptors (Lipinski definition) is 2. The minimum atomic E-state index is -0.648. The van der Waals surface area contributed by atoms with Crippen molar-refractivity contribution in [2.24, 2.45) is 5.92 Å². The van der Waals surface area contributed by atoms with E-state index in [9.17, 15) is 13.6 Å². The number of hydrogen-bond donors (Lipinski definition) is 0. The third-order valence-electron chi connectivity index (χ3n) is 4.34. The maximum absolute atomic E-state index is 13.6. The van der Waals surface area contributed by atoms with Gasteiger partial charge < -0.3 is 4.90 Å². The minimum absolute atomic E-state index is 0.000533. The van der Waals surface area contributed by atoms with Crippen LogP contribution < -0.4 is 0 Å². The predicted molar refractivity (Wildman–Crippen MR) is 87.2 cm³/mol. The molecule has 0 aliphatic carbocycles. The van der Waals surface area contributed by atoms with E-state index in [0.29, 0.717) is 13.1 Å². The second kappa shape index (κ2) is 8.39. The van der Waals surface area contributed by atoms with Crippen molar-refractivity contribution < 1.29 is 13.6 Å². The van der Waals surface area contributed by atoms with E-state index in [0.717, 1.165) is 31.6 Å². The van der Waals surface area contributed by atoms with Crippen molar-refractivity contribution in [3.05, 3.63) is 35.4 Å². The smallest absolute Gasteiger partial charge is 0.227 e. The molecule has 2 rings (SSSR count). The first-order chi connectivity index (χ1) is 11.0.